The van der Waals surface area contributed by atoms with E-state index in [-0.39, 0.29) is 6.10 Å². The third kappa shape index (κ3) is 2.49. The Kier molecular flexibility index (Phi) is 2.93. The lowest BCUT2D eigenvalue weighted by Crippen LogP contribution is -2.29. The summed E-state index contributed by atoms with van der Waals surface area (Å²) in [4.78, 5) is 0. The van der Waals surface area contributed by atoms with Gasteiger partial charge in [0.1, 0.15) is 18.0 Å². The average Bonchev–Trinajstić information content (AvgIpc) is 2.50. The Morgan fingerprint density at radius 2 is 1.87 bits per heavy atom. The highest BCUT2D eigenvalue weighted by molar-refractivity contribution is 5.33. The molecule has 0 spiro atoms. The van der Waals surface area contributed by atoms with E-state index in [0.29, 0.717) is 13.1 Å². The fraction of sp³-hybridized carbons (Fsp3) is 0.500. The molecule has 1 aromatic rings. The van der Waals surface area contributed by atoms with Gasteiger partial charge in [-0.15, -0.1) is 0 Å². The number of ether oxygens (including phenoxy) is 1. The first-order chi connectivity index (χ1) is 7.15. The topological polar surface area (TPSA) is 41.5 Å². The summed E-state index contributed by atoms with van der Waals surface area (Å²) in [5, 5.41) is 12.7. The molecule has 0 bridgehead atoms. The van der Waals surface area contributed by atoms with Crippen molar-refractivity contribution >= 4 is 0 Å². The lowest BCUT2D eigenvalue weighted by molar-refractivity contribution is 0.0737. The van der Waals surface area contributed by atoms with E-state index in [4.69, 9.17) is 4.74 Å². The summed E-state index contributed by atoms with van der Waals surface area (Å²) in [6.07, 6.45) is -0.517. The second kappa shape index (κ2) is 4.21. The van der Waals surface area contributed by atoms with Crippen LogP contribution in [0.25, 0.3) is 0 Å². The maximum atomic E-state index is 9.60. The van der Waals surface area contributed by atoms with Gasteiger partial charge in [-0.05, 0) is 37.1 Å². The van der Waals surface area contributed by atoms with E-state index in [0.717, 1.165) is 5.75 Å². The highest BCUT2D eigenvalue weighted by atomic mass is 16.5. The van der Waals surface area contributed by atoms with Gasteiger partial charge >= 0.3 is 0 Å². The minimum Gasteiger partial charge on any atom is -0.486 e. The molecular weight excluding hydrogens is 190 g/mol. The highest BCUT2D eigenvalue weighted by Crippen LogP contribution is 2.19. The molecule has 15 heavy (non-hydrogen) atoms. The van der Waals surface area contributed by atoms with E-state index in [1.54, 1.807) is 0 Å². The summed E-state index contributed by atoms with van der Waals surface area (Å²) in [6, 6.07) is 6.10. The molecule has 82 valence electrons. The second-order valence-corrected chi connectivity index (χ2v) is 4.21. The third-order valence-corrected chi connectivity index (χ3v) is 2.61. The number of hydrogen-bond acceptors (Lipinski definition) is 3. The van der Waals surface area contributed by atoms with Crippen molar-refractivity contribution in [2.45, 2.75) is 26.1 Å². The van der Waals surface area contributed by atoms with Crippen LogP contribution in [0.15, 0.2) is 18.2 Å². The molecule has 0 radical (unpaired) electrons. The molecule has 1 fully saturated rings. The number of benzene rings is 1. The maximum Gasteiger partial charge on any atom is 0.138 e. The fourth-order valence-electron chi connectivity index (χ4n) is 1.94. The molecule has 1 aliphatic rings. The summed E-state index contributed by atoms with van der Waals surface area (Å²) < 4.78 is 5.74. The van der Waals surface area contributed by atoms with Crippen LogP contribution >= 0.6 is 0 Å². The minimum absolute atomic E-state index is 0.119. The predicted octanol–water partition coefficient (Wildman–Crippen LogP) is 1.01. The molecule has 3 heteroatoms. The largest absolute Gasteiger partial charge is 0.486 e. The first-order valence-corrected chi connectivity index (χ1v) is 5.29. The summed E-state index contributed by atoms with van der Waals surface area (Å²) in [5.41, 5.74) is 2.37. The lowest BCUT2D eigenvalue weighted by Gasteiger charge is -2.16. The molecule has 0 unspecified atom stereocenters. The summed E-state index contributed by atoms with van der Waals surface area (Å²) >= 11 is 0. The van der Waals surface area contributed by atoms with Gasteiger partial charge in [0.2, 0.25) is 0 Å². The Morgan fingerprint density at radius 1 is 1.20 bits per heavy atom. The van der Waals surface area contributed by atoms with Gasteiger partial charge in [0.15, 0.2) is 0 Å². The third-order valence-electron chi connectivity index (χ3n) is 2.61. The number of rotatable bonds is 2. The normalized spacial score (nSPS) is 25.5. The fourth-order valence-corrected chi connectivity index (χ4v) is 1.94. The standard InChI is InChI=1S/C12H17NO2/c1-8-3-9(2)5-10(4-8)15-12-7-13-6-11(12)14/h3-5,11-14H,6-7H2,1-2H3/t11-,12-/m1/s1. The molecule has 1 aromatic carbocycles. The van der Waals surface area contributed by atoms with Crippen LogP contribution in [0.3, 0.4) is 0 Å². The zero-order chi connectivity index (χ0) is 10.8. The molecule has 0 aromatic heterocycles. The van der Waals surface area contributed by atoms with Crippen LogP contribution in [-0.2, 0) is 0 Å². The SMILES string of the molecule is Cc1cc(C)cc(O[C@@H]2CNC[C@H]2O)c1. The van der Waals surface area contributed by atoms with Crippen molar-refractivity contribution in [1.29, 1.82) is 0 Å². The maximum absolute atomic E-state index is 9.60. The number of nitrogens with one attached hydrogen (secondary N) is 1. The molecule has 0 aliphatic carbocycles. The van der Waals surface area contributed by atoms with Gasteiger partial charge in [0, 0.05) is 13.1 Å². The van der Waals surface area contributed by atoms with Gasteiger partial charge in [-0.1, -0.05) is 6.07 Å². The minimum atomic E-state index is -0.397. The molecule has 2 atom stereocenters. The Labute approximate surface area is 90.1 Å². The summed E-state index contributed by atoms with van der Waals surface area (Å²) in [6.45, 7) is 5.43. The Morgan fingerprint density at radius 3 is 2.40 bits per heavy atom. The Bertz CT molecular complexity index is 331. The zero-order valence-corrected chi connectivity index (χ0v) is 9.16. The van der Waals surface area contributed by atoms with Gasteiger partial charge in [0.05, 0.1) is 0 Å². The van der Waals surface area contributed by atoms with E-state index < -0.39 is 6.10 Å². The van der Waals surface area contributed by atoms with Crippen LogP contribution < -0.4 is 10.1 Å². The van der Waals surface area contributed by atoms with Gasteiger partial charge in [-0.25, -0.2) is 0 Å². The molecule has 0 amide bonds. The van der Waals surface area contributed by atoms with E-state index in [9.17, 15) is 5.11 Å². The van der Waals surface area contributed by atoms with Crippen LogP contribution in [0.1, 0.15) is 11.1 Å². The van der Waals surface area contributed by atoms with Crippen molar-refractivity contribution in [2.24, 2.45) is 0 Å². The molecule has 1 aliphatic heterocycles. The Balaban J connectivity index is 2.10. The number of aliphatic hydroxyl groups is 1. The first kappa shape index (κ1) is 10.5. The van der Waals surface area contributed by atoms with Crippen molar-refractivity contribution in [2.75, 3.05) is 13.1 Å². The second-order valence-electron chi connectivity index (χ2n) is 4.21. The van der Waals surface area contributed by atoms with Gasteiger partial charge < -0.3 is 15.2 Å². The van der Waals surface area contributed by atoms with Crippen LogP contribution in [0.5, 0.6) is 5.75 Å². The van der Waals surface area contributed by atoms with Crippen molar-refractivity contribution in [1.82, 2.24) is 5.32 Å². The number of hydrogen-bond donors (Lipinski definition) is 2. The van der Waals surface area contributed by atoms with E-state index >= 15 is 0 Å². The molecule has 2 N–H and O–H groups in total. The van der Waals surface area contributed by atoms with Crippen molar-refractivity contribution in [3.8, 4) is 5.75 Å². The Hall–Kier alpha value is -1.06. The number of β-amino-alcohol motifs (C(OH)–C–C–N with tert-alkyl or cyclic N) is 1. The molecule has 2 rings (SSSR count). The van der Waals surface area contributed by atoms with Crippen molar-refractivity contribution in [3.63, 3.8) is 0 Å². The predicted molar refractivity (Wildman–Crippen MR) is 59.2 cm³/mol. The van der Waals surface area contributed by atoms with Crippen LogP contribution in [0, 0.1) is 13.8 Å². The quantitative estimate of drug-likeness (QED) is 0.760. The van der Waals surface area contributed by atoms with Crippen molar-refractivity contribution in [3.05, 3.63) is 29.3 Å². The van der Waals surface area contributed by atoms with Crippen LogP contribution in [-0.4, -0.2) is 30.4 Å². The van der Waals surface area contributed by atoms with Gasteiger partial charge in [-0.2, -0.15) is 0 Å². The molecule has 3 nitrogen and oxygen atoms in total. The zero-order valence-electron chi connectivity index (χ0n) is 9.16. The molecule has 0 saturated carbocycles. The average molecular weight is 207 g/mol. The van der Waals surface area contributed by atoms with Crippen molar-refractivity contribution < 1.29 is 9.84 Å². The van der Waals surface area contributed by atoms with Crippen LogP contribution in [0.4, 0.5) is 0 Å². The van der Waals surface area contributed by atoms with Gasteiger partial charge in [0.25, 0.3) is 0 Å². The number of aliphatic hydroxyl groups excluding tert-OH is 1. The molecule has 1 saturated heterocycles. The summed E-state index contributed by atoms with van der Waals surface area (Å²) in [7, 11) is 0. The monoisotopic (exact) mass is 207 g/mol. The van der Waals surface area contributed by atoms with E-state index in [1.807, 2.05) is 26.0 Å². The van der Waals surface area contributed by atoms with E-state index in [2.05, 4.69) is 11.4 Å². The summed E-state index contributed by atoms with van der Waals surface area (Å²) in [5.74, 6) is 0.847. The molecular formula is C12H17NO2. The lowest BCUT2D eigenvalue weighted by atomic mass is 10.1. The van der Waals surface area contributed by atoms with Gasteiger partial charge in [-0.3, -0.25) is 0 Å². The number of aryl methyl sites for hydroxylation is 2. The smallest absolute Gasteiger partial charge is 0.138 e. The van der Waals surface area contributed by atoms with Crippen LogP contribution in [0.2, 0.25) is 0 Å². The first-order valence-electron chi connectivity index (χ1n) is 5.29. The molecule has 1 heterocycles. The highest BCUT2D eigenvalue weighted by Gasteiger charge is 2.26. The van der Waals surface area contributed by atoms with E-state index in [1.165, 1.54) is 11.1 Å².